The number of hydrogen-bond donors (Lipinski definition) is 1. The van der Waals surface area contributed by atoms with Crippen LogP contribution in [-0.4, -0.2) is 42.3 Å². The van der Waals surface area contributed by atoms with Gasteiger partial charge in [0.15, 0.2) is 0 Å². The van der Waals surface area contributed by atoms with E-state index in [1.165, 1.54) is 25.7 Å². The zero-order chi connectivity index (χ0) is 13.5. The fraction of sp³-hybridized carbons (Fsp3) is 0.867. The number of amidine groups is 1. The Kier molecular flexibility index (Phi) is 3.37. The summed E-state index contributed by atoms with van der Waals surface area (Å²) in [5.41, 5.74) is -0.418. The standard InChI is InChI=1S/C15H25N3O/c1-11-3-5-12(6-4-11)13-17-15(14(19)18(13)2)7-9-16-10-8-15/h11-12,16H,3-10H2,1-2H3. The summed E-state index contributed by atoms with van der Waals surface area (Å²) in [7, 11) is 1.93. The number of carbonyl (C=O) groups excluding carboxylic acids is 1. The zero-order valence-electron chi connectivity index (χ0n) is 12.1. The number of piperidine rings is 1. The minimum atomic E-state index is -0.418. The summed E-state index contributed by atoms with van der Waals surface area (Å²) in [5.74, 6) is 2.67. The summed E-state index contributed by atoms with van der Waals surface area (Å²) in [6.45, 7) is 4.16. The lowest BCUT2D eigenvalue weighted by Gasteiger charge is -2.29. The molecule has 1 aliphatic carbocycles. The number of rotatable bonds is 1. The highest BCUT2D eigenvalue weighted by atomic mass is 16.2. The highest BCUT2D eigenvalue weighted by Crippen LogP contribution is 2.37. The molecule has 1 saturated carbocycles. The van der Waals surface area contributed by atoms with E-state index in [-0.39, 0.29) is 5.91 Å². The fourth-order valence-electron chi connectivity index (χ4n) is 3.81. The Bertz CT molecular complexity index is 390. The third-order valence-corrected chi connectivity index (χ3v) is 5.19. The fourth-order valence-corrected chi connectivity index (χ4v) is 3.81. The van der Waals surface area contributed by atoms with Crippen molar-refractivity contribution in [3.63, 3.8) is 0 Å². The molecule has 0 atom stereocenters. The first-order valence-electron chi connectivity index (χ1n) is 7.71. The lowest BCUT2D eigenvalue weighted by atomic mass is 9.82. The second-order valence-corrected chi connectivity index (χ2v) is 6.57. The van der Waals surface area contributed by atoms with Crippen molar-refractivity contribution in [2.24, 2.45) is 16.8 Å². The monoisotopic (exact) mass is 263 g/mol. The molecule has 2 aliphatic heterocycles. The normalized spacial score (nSPS) is 34.7. The average Bonchev–Trinajstić information content (AvgIpc) is 2.67. The molecule has 0 radical (unpaired) electrons. The molecule has 0 aromatic heterocycles. The second kappa shape index (κ2) is 4.89. The zero-order valence-corrected chi connectivity index (χ0v) is 12.1. The van der Waals surface area contributed by atoms with Crippen molar-refractivity contribution in [1.82, 2.24) is 10.2 Å². The quantitative estimate of drug-likeness (QED) is 0.784. The van der Waals surface area contributed by atoms with Gasteiger partial charge in [-0.2, -0.15) is 0 Å². The number of likely N-dealkylation sites (N-methyl/N-ethyl adjacent to an activating group) is 1. The number of amides is 1. The van der Waals surface area contributed by atoms with E-state index < -0.39 is 5.54 Å². The molecule has 4 heteroatoms. The molecule has 4 nitrogen and oxygen atoms in total. The van der Waals surface area contributed by atoms with Crippen LogP contribution < -0.4 is 5.32 Å². The van der Waals surface area contributed by atoms with Crippen LogP contribution >= 0.6 is 0 Å². The number of aliphatic imine (C=N–C) groups is 1. The van der Waals surface area contributed by atoms with E-state index in [1.54, 1.807) is 0 Å². The van der Waals surface area contributed by atoms with E-state index in [0.29, 0.717) is 5.92 Å². The number of nitrogens with one attached hydrogen (secondary N) is 1. The van der Waals surface area contributed by atoms with E-state index in [4.69, 9.17) is 4.99 Å². The van der Waals surface area contributed by atoms with Crippen LogP contribution in [0.15, 0.2) is 4.99 Å². The Morgan fingerprint density at radius 3 is 2.47 bits per heavy atom. The Hall–Kier alpha value is -0.900. The first-order chi connectivity index (χ1) is 9.12. The molecule has 0 bridgehead atoms. The molecular weight excluding hydrogens is 238 g/mol. The molecule has 3 aliphatic rings. The van der Waals surface area contributed by atoms with Crippen molar-refractivity contribution in [2.45, 2.75) is 51.0 Å². The molecule has 106 valence electrons. The first kappa shape index (κ1) is 13.1. The number of carbonyl (C=O) groups is 1. The summed E-state index contributed by atoms with van der Waals surface area (Å²) in [4.78, 5) is 19.4. The molecule has 3 rings (SSSR count). The van der Waals surface area contributed by atoms with Gasteiger partial charge in [-0.1, -0.05) is 19.8 Å². The van der Waals surface area contributed by atoms with Crippen LogP contribution in [0.2, 0.25) is 0 Å². The van der Waals surface area contributed by atoms with Crippen LogP contribution in [-0.2, 0) is 4.79 Å². The van der Waals surface area contributed by atoms with E-state index in [2.05, 4.69) is 12.2 Å². The van der Waals surface area contributed by atoms with Crippen molar-refractivity contribution in [3.05, 3.63) is 0 Å². The molecule has 2 heterocycles. The SMILES string of the molecule is CC1CCC(C2=NC3(CCNCC3)C(=O)N2C)CC1. The smallest absolute Gasteiger partial charge is 0.255 e. The number of hydrogen-bond acceptors (Lipinski definition) is 3. The minimum Gasteiger partial charge on any atom is -0.317 e. The second-order valence-electron chi connectivity index (χ2n) is 6.57. The third kappa shape index (κ3) is 2.20. The molecule has 1 saturated heterocycles. The topological polar surface area (TPSA) is 44.7 Å². The Morgan fingerprint density at radius 2 is 1.84 bits per heavy atom. The summed E-state index contributed by atoms with van der Waals surface area (Å²) < 4.78 is 0. The van der Waals surface area contributed by atoms with Gasteiger partial charge in [0.25, 0.3) is 5.91 Å². The molecule has 1 spiro atoms. The summed E-state index contributed by atoms with van der Waals surface area (Å²) in [6.07, 6.45) is 6.68. The highest BCUT2D eigenvalue weighted by molar-refractivity contribution is 6.08. The van der Waals surface area contributed by atoms with Crippen LogP contribution in [0.4, 0.5) is 0 Å². The first-order valence-corrected chi connectivity index (χ1v) is 7.71. The van der Waals surface area contributed by atoms with Gasteiger partial charge >= 0.3 is 0 Å². The van der Waals surface area contributed by atoms with Gasteiger partial charge in [0.05, 0.1) is 0 Å². The van der Waals surface area contributed by atoms with E-state index in [1.807, 2.05) is 11.9 Å². The maximum Gasteiger partial charge on any atom is 0.255 e. The van der Waals surface area contributed by atoms with Crippen LogP contribution in [0.3, 0.4) is 0 Å². The molecule has 0 unspecified atom stereocenters. The van der Waals surface area contributed by atoms with Crippen molar-refractivity contribution in [1.29, 1.82) is 0 Å². The van der Waals surface area contributed by atoms with Crippen LogP contribution in [0, 0.1) is 11.8 Å². The van der Waals surface area contributed by atoms with Gasteiger partial charge in [-0.3, -0.25) is 9.79 Å². The summed E-state index contributed by atoms with van der Waals surface area (Å²) in [6, 6.07) is 0. The Morgan fingerprint density at radius 1 is 1.21 bits per heavy atom. The largest absolute Gasteiger partial charge is 0.317 e. The van der Waals surface area contributed by atoms with E-state index in [0.717, 1.165) is 37.7 Å². The predicted octanol–water partition coefficient (Wildman–Crippen LogP) is 1.81. The molecule has 19 heavy (non-hydrogen) atoms. The highest BCUT2D eigenvalue weighted by Gasteiger charge is 2.48. The Labute approximate surface area is 115 Å². The van der Waals surface area contributed by atoms with Gasteiger partial charge < -0.3 is 10.2 Å². The van der Waals surface area contributed by atoms with Crippen molar-refractivity contribution in [2.75, 3.05) is 20.1 Å². The van der Waals surface area contributed by atoms with Crippen LogP contribution in [0.25, 0.3) is 0 Å². The average molecular weight is 263 g/mol. The van der Waals surface area contributed by atoms with Gasteiger partial charge in [-0.25, -0.2) is 0 Å². The van der Waals surface area contributed by atoms with Crippen molar-refractivity contribution in [3.8, 4) is 0 Å². The van der Waals surface area contributed by atoms with Gasteiger partial charge in [0.2, 0.25) is 0 Å². The summed E-state index contributed by atoms with van der Waals surface area (Å²) >= 11 is 0. The van der Waals surface area contributed by atoms with Gasteiger partial charge in [0, 0.05) is 13.0 Å². The van der Waals surface area contributed by atoms with Gasteiger partial charge in [-0.15, -0.1) is 0 Å². The maximum atomic E-state index is 12.6. The lowest BCUT2D eigenvalue weighted by Crippen LogP contribution is -2.48. The molecule has 1 N–H and O–H groups in total. The predicted molar refractivity (Wildman–Crippen MR) is 76.2 cm³/mol. The van der Waals surface area contributed by atoms with Crippen molar-refractivity contribution < 1.29 is 4.79 Å². The van der Waals surface area contributed by atoms with E-state index >= 15 is 0 Å². The van der Waals surface area contributed by atoms with E-state index in [9.17, 15) is 4.79 Å². The van der Waals surface area contributed by atoms with Gasteiger partial charge in [-0.05, 0) is 44.7 Å². The van der Waals surface area contributed by atoms with Crippen LogP contribution in [0.1, 0.15) is 45.4 Å². The molecule has 0 aromatic carbocycles. The number of nitrogens with zero attached hydrogens (tertiary/aromatic N) is 2. The molecule has 1 amide bonds. The molecular formula is C15H25N3O. The minimum absolute atomic E-state index is 0.239. The molecule has 0 aromatic rings. The lowest BCUT2D eigenvalue weighted by molar-refractivity contribution is -0.131. The third-order valence-electron chi connectivity index (χ3n) is 5.19. The molecule has 2 fully saturated rings. The van der Waals surface area contributed by atoms with Crippen LogP contribution in [0.5, 0.6) is 0 Å². The summed E-state index contributed by atoms with van der Waals surface area (Å²) in [5, 5.41) is 3.33. The maximum absolute atomic E-state index is 12.6. The Balaban J connectivity index is 1.80. The van der Waals surface area contributed by atoms with Gasteiger partial charge in [0.1, 0.15) is 11.4 Å². The van der Waals surface area contributed by atoms with Crippen molar-refractivity contribution >= 4 is 11.7 Å².